The van der Waals surface area contributed by atoms with Crippen LogP contribution in [0.2, 0.25) is 0 Å². The molecule has 2 N–H and O–H groups in total. The molecule has 0 bridgehead atoms. The van der Waals surface area contributed by atoms with Gasteiger partial charge < -0.3 is 24.8 Å². The molecular formula is C23H24N6O5. The standard InChI is InChI=1S/C23H24N6O5/c1-4-34-22(30)19-16(24-23(31)25-20(19)14-8-6-5-7-9-14)13-29-27-21(26-28-29)15-10-11-17(32-2)18(12-15)33-3/h5-12,20H,4,13H2,1-3H3,(H2,24,25,31)/t20-/m1/s1. The predicted molar refractivity (Wildman–Crippen MR) is 121 cm³/mol. The van der Waals surface area contributed by atoms with Crippen molar-refractivity contribution in [3.63, 3.8) is 0 Å². The Morgan fingerprint density at radius 2 is 1.85 bits per heavy atom. The number of benzene rings is 2. The van der Waals surface area contributed by atoms with Gasteiger partial charge in [-0.2, -0.15) is 4.80 Å². The third kappa shape index (κ3) is 4.68. The summed E-state index contributed by atoms with van der Waals surface area (Å²) in [5, 5.41) is 18.1. The zero-order valence-corrected chi connectivity index (χ0v) is 18.9. The number of allylic oxidation sites excluding steroid dienone is 1. The first-order valence-electron chi connectivity index (χ1n) is 10.6. The minimum absolute atomic E-state index is 0.00515. The highest BCUT2D eigenvalue weighted by molar-refractivity contribution is 5.95. The predicted octanol–water partition coefficient (Wildman–Crippen LogP) is 2.23. The first-order valence-corrected chi connectivity index (χ1v) is 10.6. The van der Waals surface area contributed by atoms with Crippen LogP contribution in [0.15, 0.2) is 59.8 Å². The van der Waals surface area contributed by atoms with Gasteiger partial charge in [-0.3, -0.25) is 0 Å². The van der Waals surface area contributed by atoms with E-state index in [4.69, 9.17) is 14.2 Å². The largest absolute Gasteiger partial charge is 0.493 e. The van der Waals surface area contributed by atoms with E-state index in [1.165, 1.54) is 11.9 Å². The molecule has 0 saturated heterocycles. The fourth-order valence-corrected chi connectivity index (χ4v) is 3.63. The fourth-order valence-electron chi connectivity index (χ4n) is 3.63. The van der Waals surface area contributed by atoms with Gasteiger partial charge >= 0.3 is 12.0 Å². The molecule has 11 nitrogen and oxygen atoms in total. The number of ether oxygens (including phenoxy) is 3. The van der Waals surface area contributed by atoms with Gasteiger partial charge in [0.15, 0.2) is 11.5 Å². The summed E-state index contributed by atoms with van der Waals surface area (Å²) in [6.45, 7) is 1.92. The SMILES string of the molecule is CCOC(=O)C1=C(Cn2nnc(-c3ccc(OC)c(OC)c3)n2)NC(=O)N[C@@H]1c1ccccc1. The van der Waals surface area contributed by atoms with E-state index >= 15 is 0 Å². The van der Waals surface area contributed by atoms with Crippen molar-refractivity contribution in [3.05, 3.63) is 65.4 Å². The highest BCUT2D eigenvalue weighted by Crippen LogP contribution is 2.31. The molecule has 2 aromatic carbocycles. The molecule has 1 aromatic heterocycles. The van der Waals surface area contributed by atoms with Crippen molar-refractivity contribution >= 4 is 12.0 Å². The number of urea groups is 1. The lowest BCUT2D eigenvalue weighted by molar-refractivity contribution is -0.139. The van der Waals surface area contributed by atoms with Crippen LogP contribution in [0.3, 0.4) is 0 Å². The van der Waals surface area contributed by atoms with Crippen molar-refractivity contribution in [1.29, 1.82) is 0 Å². The highest BCUT2D eigenvalue weighted by Gasteiger charge is 2.34. The number of hydrogen-bond acceptors (Lipinski definition) is 8. The Morgan fingerprint density at radius 1 is 1.09 bits per heavy atom. The summed E-state index contributed by atoms with van der Waals surface area (Å²) in [5.41, 5.74) is 2.01. The Morgan fingerprint density at radius 3 is 2.56 bits per heavy atom. The van der Waals surface area contributed by atoms with E-state index in [0.29, 0.717) is 28.6 Å². The minimum atomic E-state index is -0.683. The normalized spacial score (nSPS) is 15.4. The molecule has 0 aliphatic carbocycles. The van der Waals surface area contributed by atoms with E-state index in [0.717, 1.165) is 5.56 Å². The summed E-state index contributed by atoms with van der Waals surface area (Å²) in [6.07, 6.45) is 0. The van der Waals surface area contributed by atoms with Crippen LogP contribution < -0.4 is 20.1 Å². The van der Waals surface area contributed by atoms with Crippen LogP contribution in [0.4, 0.5) is 4.79 Å². The molecule has 11 heteroatoms. The summed E-state index contributed by atoms with van der Waals surface area (Å²) in [7, 11) is 3.09. The molecule has 0 spiro atoms. The molecule has 0 radical (unpaired) electrons. The van der Waals surface area contributed by atoms with Gasteiger partial charge in [0.1, 0.15) is 6.54 Å². The number of esters is 1. The number of methoxy groups -OCH3 is 2. The summed E-state index contributed by atoms with van der Waals surface area (Å²) in [4.78, 5) is 26.6. The van der Waals surface area contributed by atoms with E-state index in [-0.39, 0.29) is 18.7 Å². The Balaban J connectivity index is 1.69. The molecular weight excluding hydrogens is 440 g/mol. The van der Waals surface area contributed by atoms with Gasteiger partial charge in [-0.15, -0.1) is 10.2 Å². The first kappa shape index (κ1) is 22.8. The van der Waals surface area contributed by atoms with Crippen molar-refractivity contribution in [2.45, 2.75) is 19.5 Å². The third-order valence-electron chi connectivity index (χ3n) is 5.18. The van der Waals surface area contributed by atoms with Gasteiger partial charge in [-0.05, 0) is 35.9 Å². The van der Waals surface area contributed by atoms with Gasteiger partial charge in [0.25, 0.3) is 0 Å². The number of rotatable bonds is 8. The van der Waals surface area contributed by atoms with E-state index in [9.17, 15) is 9.59 Å². The molecule has 3 aromatic rings. The van der Waals surface area contributed by atoms with Crippen molar-refractivity contribution in [1.82, 2.24) is 30.8 Å². The van der Waals surface area contributed by atoms with E-state index in [2.05, 4.69) is 26.0 Å². The summed E-state index contributed by atoms with van der Waals surface area (Å²) >= 11 is 0. The zero-order valence-electron chi connectivity index (χ0n) is 18.9. The van der Waals surface area contributed by atoms with E-state index in [1.807, 2.05) is 30.3 Å². The lowest BCUT2D eigenvalue weighted by atomic mass is 9.95. The maximum absolute atomic E-state index is 12.9. The first-order chi connectivity index (χ1) is 16.5. The smallest absolute Gasteiger partial charge is 0.338 e. The van der Waals surface area contributed by atoms with Gasteiger partial charge in [0.2, 0.25) is 5.82 Å². The van der Waals surface area contributed by atoms with E-state index < -0.39 is 18.0 Å². The van der Waals surface area contributed by atoms with Crippen LogP contribution in [0, 0.1) is 0 Å². The molecule has 1 aliphatic rings. The number of aromatic nitrogens is 4. The number of nitrogens with zero attached hydrogens (tertiary/aromatic N) is 4. The molecule has 0 fully saturated rings. The topological polar surface area (TPSA) is 129 Å². The lowest BCUT2D eigenvalue weighted by Gasteiger charge is -2.29. The molecule has 1 atom stereocenters. The quantitative estimate of drug-likeness (QED) is 0.486. The summed E-state index contributed by atoms with van der Waals surface area (Å²) < 4.78 is 15.9. The van der Waals surface area contributed by atoms with Crippen molar-refractivity contribution in [2.24, 2.45) is 0 Å². The average molecular weight is 464 g/mol. The number of tetrazole rings is 1. The monoisotopic (exact) mass is 464 g/mol. The van der Waals surface area contributed by atoms with Crippen molar-refractivity contribution < 1.29 is 23.8 Å². The van der Waals surface area contributed by atoms with Gasteiger partial charge in [0.05, 0.1) is 38.1 Å². The van der Waals surface area contributed by atoms with Crippen LogP contribution in [-0.4, -0.2) is 53.0 Å². The second-order valence-electron chi connectivity index (χ2n) is 7.27. The highest BCUT2D eigenvalue weighted by atomic mass is 16.5. The number of carbonyl (C=O) groups is 2. The Labute approximate surface area is 195 Å². The van der Waals surface area contributed by atoms with Crippen molar-refractivity contribution in [2.75, 3.05) is 20.8 Å². The number of nitrogens with one attached hydrogen (secondary N) is 2. The van der Waals surface area contributed by atoms with Gasteiger partial charge in [0, 0.05) is 5.56 Å². The molecule has 2 heterocycles. The summed E-state index contributed by atoms with van der Waals surface area (Å²) in [5.74, 6) is 0.908. The summed E-state index contributed by atoms with van der Waals surface area (Å²) in [6, 6.07) is 13.3. The van der Waals surface area contributed by atoms with Crippen molar-refractivity contribution in [3.8, 4) is 22.9 Å². The van der Waals surface area contributed by atoms with Crippen LogP contribution in [0.1, 0.15) is 18.5 Å². The van der Waals surface area contributed by atoms with Crippen LogP contribution >= 0.6 is 0 Å². The second-order valence-corrected chi connectivity index (χ2v) is 7.27. The molecule has 1 aliphatic heterocycles. The Kier molecular flexibility index (Phi) is 6.72. The zero-order chi connectivity index (χ0) is 24.1. The molecule has 0 saturated carbocycles. The number of carbonyl (C=O) groups excluding carboxylic acids is 2. The number of amides is 2. The lowest BCUT2D eigenvalue weighted by Crippen LogP contribution is -2.47. The molecule has 2 amide bonds. The Bertz CT molecular complexity index is 1220. The van der Waals surface area contributed by atoms with E-state index in [1.54, 1.807) is 32.2 Å². The third-order valence-corrected chi connectivity index (χ3v) is 5.18. The molecule has 34 heavy (non-hydrogen) atoms. The van der Waals surface area contributed by atoms with Crippen LogP contribution in [0.25, 0.3) is 11.4 Å². The van der Waals surface area contributed by atoms with Gasteiger partial charge in [-0.25, -0.2) is 9.59 Å². The van der Waals surface area contributed by atoms with Crippen LogP contribution in [0.5, 0.6) is 11.5 Å². The maximum Gasteiger partial charge on any atom is 0.338 e. The Hall–Kier alpha value is -4.41. The second kappa shape index (κ2) is 10.0. The van der Waals surface area contributed by atoms with Crippen LogP contribution in [-0.2, 0) is 16.1 Å². The molecule has 176 valence electrons. The maximum atomic E-state index is 12.9. The fraction of sp³-hybridized carbons (Fsp3) is 0.261. The minimum Gasteiger partial charge on any atom is -0.493 e. The molecule has 0 unspecified atom stereocenters. The average Bonchev–Trinajstić information content (AvgIpc) is 3.32. The molecule has 4 rings (SSSR count). The van der Waals surface area contributed by atoms with Gasteiger partial charge in [-0.1, -0.05) is 30.3 Å². The number of hydrogen-bond donors (Lipinski definition) is 2.